The lowest BCUT2D eigenvalue weighted by atomic mass is 10.3. The number of amides is 3. The van der Waals surface area contributed by atoms with Crippen molar-refractivity contribution in [1.82, 2.24) is 4.90 Å². The number of nitrogens with zero attached hydrogens (tertiary/aromatic N) is 2. The minimum Gasteiger partial charge on any atom is -0.322 e. The van der Waals surface area contributed by atoms with E-state index in [1.807, 2.05) is 0 Å². The molecule has 1 fully saturated rings. The lowest BCUT2D eigenvalue weighted by Crippen LogP contribution is -2.37. The molecule has 3 rings (SSSR count). The second kappa shape index (κ2) is 7.06. The minimum atomic E-state index is -0.873. The van der Waals surface area contributed by atoms with Crippen molar-refractivity contribution in [1.29, 1.82) is 0 Å². The molecule has 0 aliphatic carbocycles. The van der Waals surface area contributed by atoms with Crippen LogP contribution in [0.2, 0.25) is 5.02 Å². The molecule has 0 bridgehead atoms. The largest absolute Gasteiger partial charge is 0.325 e. The number of urea groups is 1. The van der Waals surface area contributed by atoms with Crippen molar-refractivity contribution in [3.05, 3.63) is 59.1 Å². The molecular weight excluding hydrogens is 352 g/mol. The van der Waals surface area contributed by atoms with Crippen LogP contribution in [0.3, 0.4) is 0 Å². The van der Waals surface area contributed by atoms with E-state index >= 15 is 0 Å². The van der Waals surface area contributed by atoms with Crippen LogP contribution in [0, 0.1) is 11.6 Å². The number of benzene rings is 2. The predicted octanol–water partition coefficient (Wildman–Crippen LogP) is 3.50. The fourth-order valence-corrected chi connectivity index (χ4v) is 2.75. The van der Waals surface area contributed by atoms with Crippen LogP contribution in [0.25, 0.3) is 0 Å². The summed E-state index contributed by atoms with van der Waals surface area (Å²) in [6, 6.07) is 9.37. The summed E-state index contributed by atoms with van der Waals surface area (Å²) in [5.74, 6) is -2.17. The number of nitrogens with one attached hydrogen (secondary N) is 1. The highest BCUT2D eigenvalue weighted by atomic mass is 35.5. The first-order valence-corrected chi connectivity index (χ1v) is 7.89. The van der Waals surface area contributed by atoms with Crippen molar-refractivity contribution in [2.45, 2.75) is 0 Å². The Balaban J connectivity index is 1.63. The van der Waals surface area contributed by atoms with E-state index in [4.69, 9.17) is 11.6 Å². The zero-order valence-electron chi connectivity index (χ0n) is 13.0. The molecule has 1 aliphatic rings. The van der Waals surface area contributed by atoms with Gasteiger partial charge in [0.1, 0.15) is 18.2 Å². The molecule has 0 unspecified atom stereocenters. The fraction of sp³-hybridized carbons (Fsp3) is 0.176. The Morgan fingerprint density at radius 3 is 2.68 bits per heavy atom. The van der Waals surface area contributed by atoms with Gasteiger partial charge in [-0.15, -0.1) is 0 Å². The first-order chi connectivity index (χ1) is 11.9. The number of carbonyl (C=O) groups is 2. The highest BCUT2D eigenvalue weighted by molar-refractivity contribution is 6.30. The Bertz CT molecular complexity index is 831. The Morgan fingerprint density at radius 2 is 1.96 bits per heavy atom. The van der Waals surface area contributed by atoms with Crippen LogP contribution in [0.5, 0.6) is 0 Å². The summed E-state index contributed by atoms with van der Waals surface area (Å²) in [6.45, 7) is 0.536. The van der Waals surface area contributed by atoms with Crippen molar-refractivity contribution in [2.75, 3.05) is 29.9 Å². The number of rotatable bonds is 4. The van der Waals surface area contributed by atoms with E-state index in [1.54, 1.807) is 24.3 Å². The summed E-state index contributed by atoms with van der Waals surface area (Å²) in [4.78, 5) is 27.3. The Morgan fingerprint density at radius 1 is 1.16 bits per heavy atom. The molecule has 3 amide bonds. The van der Waals surface area contributed by atoms with Gasteiger partial charge in [0.15, 0.2) is 0 Å². The van der Waals surface area contributed by atoms with E-state index in [2.05, 4.69) is 5.32 Å². The van der Waals surface area contributed by atoms with Gasteiger partial charge in [-0.25, -0.2) is 13.6 Å². The monoisotopic (exact) mass is 365 g/mol. The van der Waals surface area contributed by atoms with E-state index < -0.39 is 17.5 Å². The van der Waals surface area contributed by atoms with Gasteiger partial charge >= 0.3 is 6.03 Å². The number of halogens is 3. The number of hydrogen-bond acceptors (Lipinski definition) is 2. The third-order valence-corrected chi connectivity index (χ3v) is 3.99. The molecule has 0 spiro atoms. The maximum absolute atomic E-state index is 13.6. The predicted molar refractivity (Wildman–Crippen MR) is 90.8 cm³/mol. The summed E-state index contributed by atoms with van der Waals surface area (Å²) >= 11 is 5.93. The van der Waals surface area contributed by atoms with Gasteiger partial charge in [-0.2, -0.15) is 0 Å². The van der Waals surface area contributed by atoms with E-state index in [1.165, 1.54) is 9.80 Å². The van der Waals surface area contributed by atoms with Crippen LogP contribution >= 0.6 is 11.6 Å². The van der Waals surface area contributed by atoms with Crippen LogP contribution < -0.4 is 10.2 Å². The first kappa shape index (κ1) is 17.2. The molecule has 0 saturated carbocycles. The average molecular weight is 366 g/mol. The van der Waals surface area contributed by atoms with Crippen LogP contribution in [0.1, 0.15) is 0 Å². The van der Waals surface area contributed by atoms with Crippen molar-refractivity contribution in [3.8, 4) is 0 Å². The zero-order valence-corrected chi connectivity index (χ0v) is 13.8. The molecule has 0 radical (unpaired) electrons. The van der Waals surface area contributed by atoms with Gasteiger partial charge in [0.2, 0.25) is 5.91 Å². The second-order valence-electron chi connectivity index (χ2n) is 5.51. The zero-order chi connectivity index (χ0) is 18.0. The summed E-state index contributed by atoms with van der Waals surface area (Å²) in [5.41, 5.74) is 0.509. The van der Waals surface area contributed by atoms with Gasteiger partial charge in [-0.1, -0.05) is 17.7 Å². The van der Waals surface area contributed by atoms with Gasteiger partial charge in [0, 0.05) is 29.9 Å². The third-order valence-electron chi connectivity index (χ3n) is 3.75. The number of carbonyl (C=O) groups excluding carboxylic acids is 2. The minimum absolute atomic E-state index is 0.134. The normalized spacial score (nSPS) is 14.1. The maximum atomic E-state index is 13.6. The average Bonchev–Trinajstić information content (AvgIpc) is 2.91. The van der Waals surface area contributed by atoms with E-state index in [-0.39, 0.29) is 18.3 Å². The van der Waals surface area contributed by atoms with Crippen LogP contribution in [-0.2, 0) is 4.79 Å². The SMILES string of the molecule is O=C(CN1CCN(c2cccc(Cl)c2)C1=O)Nc1ccc(F)cc1F. The molecule has 0 atom stereocenters. The quantitative estimate of drug-likeness (QED) is 0.901. The molecule has 0 aromatic heterocycles. The molecule has 1 saturated heterocycles. The van der Waals surface area contributed by atoms with Crippen LogP contribution in [-0.4, -0.2) is 36.5 Å². The van der Waals surface area contributed by atoms with Crippen molar-refractivity contribution < 1.29 is 18.4 Å². The van der Waals surface area contributed by atoms with Crippen molar-refractivity contribution in [2.24, 2.45) is 0 Å². The Labute approximate surface area is 147 Å². The maximum Gasteiger partial charge on any atom is 0.325 e. The molecule has 8 heteroatoms. The van der Waals surface area contributed by atoms with Gasteiger partial charge in [-0.05, 0) is 30.3 Å². The Kier molecular flexibility index (Phi) is 4.85. The second-order valence-corrected chi connectivity index (χ2v) is 5.94. The highest BCUT2D eigenvalue weighted by Crippen LogP contribution is 2.23. The molecule has 1 heterocycles. The topological polar surface area (TPSA) is 52.7 Å². The van der Waals surface area contributed by atoms with Gasteiger partial charge in [0.25, 0.3) is 0 Å². The standard InChI is InChI=1S/C17H14ClF2N3O2/c18-11-2-1-3-13(8-11)23-7-6-22(17(23)25)10-16(24)21-15-5-4-12(19)9-14(15)20/h1-5,8-9H,6-7,10H2,(H,21,24). The van der Waals surface area contributed by atoms with E-state index in [0.29, 0.717) is 29.9 Å². The van der Waals surface area contributed by atoms with Gasteiger partial charge < -0.3 is 10.2 Å². The summed E-state index contributed by atoms with van der Waals surface area (Å²) < 4.78 is 26.4. The molecule has 1 aliphatic heterocycles. The highest BCUT2D eigenvalue weighted by Gasteiger charge is 2.31. The molecule has 1 N–H and O–H groups in total. The smallest absolute Gasteiger partial charge is 0.322 e. The molecule has 5 nitrogen and oxygen atoms in total. The molecule has 2 aromatic rings. The Hall–Kier alpha value is -2.67. The van der Waals surface area contributed by atoms with Crippen molar-refractivity contribution in [3.63, 3.8) is 0 Å². The number of hydrogen-bond donors (Lipinski definition) is 1. The van der Waals surface area contributed by atoms with Crippen molar-refractivity contribution >= 4 is 34.9 Å². The van der Waals surface area contributed by atoms with Crippen LogP contribution in [0.4, 0.5) is 25.0 Å². The lowest BCUT2D eigenvalue weighted by Gasteiger charge is -2.18. The third kappa shape index (κ3) is 3.88. The number of anilines is 2. The fourth-order valence-electron chi connectivity index (χ4n) is 2.57. The molecular formula is C17H14ClF2N3O2. The van der Waals surface area contributed by atoms with Crippen LogP contribution in [0.15, 0.2) is 42.5 Å². The molecule has 25 heavy (non-hydrogen) atoms. The summed E-state index contributed by atoms with van der Waals surface area (Å²) in [6.07, 6.45) is 0. The van der Waals surface area contributed by atoms with E-state index in [0.717, 1.165) is 12.1 Å². The summed E-state index contributed by atoms with van der Waals surface area (Å²) in [7, 11) is 0. The summed E-state index contributed by atoms with van der Waals surface area (Å²) in [5, 5.41) is 2.84. The molecule has 130 valence electrons. The molecule has 2 aromatic carbocycles. The lowest BCUT2D eigenvalue weighted by molar-refractivity contribution is -0.116. The first-order valence-electron chi connectivity index (χ1n) is 7.51. The van der Waals surface area contributed by atoms with E-state index in [9.17, 15) is 18.4 Å². The van der Waals surface area contributed by atoms with Gasteiger partial charge in [0.05, 0.1) is 5.69 Å². The van der Waals surface area contributed by atoms with Gasteiger partial charge in [-0.3, -0.25) is 9.69 Å².